The summed E-state index contributed by atoms with van der Waals surface area (Å²) in [6.07, 6.45) is 2.80. The molecule has 0 saturated heterocycles. The largest absolute Gasteiger partial charge is 0.497 e. The second kappa shape index (κ2) is 10.8. The van der Waals surface area contributed by atoms with Gasteiger partial charge in [0.1, 0.15) is 5.75 Å². The smallest absolute Gasteiger partial charge is 0.229 e. The Labute approximate surface area is 203 Å². The number of anilines is 2. The molecule has 2 aromatic carbocycles. The van der Waals surface area contributed by atoms with Crippen molar-refractivity contribution in [3.8, 4) is 5.75 Å². The first-order chi connectivity index (χ1) is 16.5. The van der Waals surface area contributed by atoms with Gasteiger partial charge in [-0.1, -0.05) is 18.2 Å². The van der Waals surface area contributed by atoms with Gasteiger partial charge >= 0.3 is 0 Å². The summed E-state index contributed by atoms with van der Waals surface area (Å²) in [5, 5.41) is 11.1. The van der Waals surface area contributed by atoms with Gasteiger partial charge in [-0.05, 0) is 74.4 Å². The zero-order valence-corrected chi connectivity index (χ0v) is 20.2. The Morgan fingerprint density at radius 2 is 1.76 bits per heavy atom. The van der Waals surface area contributed by atoms with E-state index in [9.17, 15) is 0 Å². The molecule has 8 nitrogen and oxygen atoms in total. The summed E-state index contributed by atoms with van der Waals surface area (Å²) in [7, 11) is 1.63. The highest BCUT2D eigenvalue weighted by atomic mass is 32.1. The maximum Gasteiger partial charge on any atom is 0.229 e. The predicted octanol–water partition coefficient (Wildman–Crippen LogP) is 4.58. The maximum atomic E-state index is 5.51. The SMILES string of the molecule is COc1ccc(NC(=S)NC(=NCCc2c[nH]c3ccccc23)Nc2nc(C)cc(C)n2)cc1. The van der Waals surface area contributed by atoms with E-state index in [2.05, 4.69) is 43.0 Å². The van der Waals surface area contributed by atoms with Crippen LogP contribution in [0.25, 0.3) is 10.9 Å². The topological polar surface area (TPSA) is 99.2 Å². The molecular weight excluding hydrogens is 446 g/mol. The van der Waals surface area contributed by atoms with E-state index in [0.717, 1.165) is 34.8 Å². The van der Waals surface area contributed by atoms with Gasteiger partial charge in [-0.15, -0.1) is 0 Å². The molecule has 0 fully saturated rings. The first kappa shape index (κ1) is 23.2. The first-order valence-corrected chi connectivity index (χ1v) is 11.3. The first-order valence-electron chi connectivity index (χ1n) is 10.9. The summed E-state index contributed by atoms with van der Waals surface area (Å²) in [5.74, 6) is 1.71. The lowest BCUT2D eigenvalue weighted by molar-refractivity contribution is 0.415. The van der Waals surface area contributed by atoms with Gasteiger partial charge in [0.15, 0.2) is 5.11 Å². The minimum absolute atomic E-state index is 0.396. The molecule has 0 unspecified atom stereocenters. The summed E-state index contributed by atoms with van der Waals surface area (Å²) in [5.41, 5.74) is 4.89. The fourth-order valence-corrected chi connectivity index (χ4v) is 3.78. The molecule has 2 heterocycles. The second-order valence-corrected chi connectivity index (χ2v) is 8.16. The highest BCUT2D eigenvalue weighted by Crippen LogP contribution is 2.18. The summed E-state index contributed by atoms with van der Waals surface area (Å²) in [4.78, 5) is 16.9. The highest BCUT2D eigenvalue weighted by molar-refractivity contribution is 7.80. The monoisotopic (exact) mass is 473 g/mol. The Morgan fingerprint density at radius 1 is 1.03 bits per heavy atom. The average molecular weight is 474 g/mol. The van der Waals surface area contributed by atoms with E-state index in [-0.39, 0.29) is 0 Å². The Hall–Kier alpha value is -3.98. The average Bonchev–Trinajstić information content (AvgIpc) is 3.22. The Kier molecular flexibility index (Phi) is 7.34. The molecule has 4 rings (SSSR count). The molecule has 0 spiro atoms. The number of benzene rings is 2. The number of thiocarbonyl (C=S) groups is 1. The Bertz CT molecular complexity index is 1290. The van der Waals surface area contributed by atoms with Crippen LogP contribution in [0.15, 0.2) is 65.8 Å². The van der Waals surface area contributed by atoms with Crippen molar-refractivity contribution in [3.05, 3.63) is 77.7 Å². The number of fused-ring (bicyclic) bond motifs is 1. The highest BCUT2D eigenvalue weighted by Gasteiger charge is 2.08. The minimum atomic E-state index is 0.396. The number of ether oxygens (including phenoxy) is 1. The van der Waals surface area contributed by atoms with Crippen LogP contribution in [0, 0.1) is 13.8 Å². The minimum Gasteiger partial charge on any atom is -0.497 e. The molecule has 0 amide bonds. The summed E-state index contributed by atoms with van der Waals surface area (Å²) < 4.78 is 5.20. The molecule has 0 aliphatic rings. The van der Waals surface area contributed by atoms with E-state index < -0.39 is 0 Å². The van der Waals surface area contributed by atoms with Crippen molar-refractivity contribution in [2.75, 3.05) is 24.3 Å². The lowest BCUT2D eigenvalue weighted by Gasteiger charge is -2.14. The molecule has 9 heteroatoms. The van der Waals surface area contributed by atoms with Crippen LogP contribution in [-0.4, -0.2) is 39.7 Å². The number of aromatic nitrogens is 3. The van der Waals surface area contributed by atoms with Crippen molar-refractivity contribution in [2.45, 2.75) is 20.3 Å². The molecular formula is C25H27N7OS. The van der Waals surface area contributed by atoms with Gasteiger partial charge in [0.25, 0.3) is 0 Å². The normalized spacial score (nSPS) is 11.3. The number of H-pyrrole nitrogens is 1. The lowest BCUT2D eigenvalue weighted by Crippen LogP contribution is -2.39. The van der Waals surface area contributed by atoms with Gasteiger partial charge in [0.2, 0.25) is 11.9 Å². The van der Waals surface area contributed by atoms with Crippen molar-refractivity contribution < 1.29 is 4.74 Å². The Morgan fingerprint density at radius 3 is 2.50 bits per heavy atom. The molecule has 0 saturated carbocycles. The van der Waals surface area contributed by atoms with E-state index in [1.54, 1.807) is 7.11 Å². The Balaban J connectivity index is 1.48. The summed E-state index contributed by atoms with van der Waals surface area (Å²) in [6, 6.07) is 17.7. The molecule has 34 heavy (non-hydrogen) atoms. The predicted molar refractivity (Wildman–Crippen MR) is 142 cm³/mol. The number of nitrogens with zero attached hydrogens (tertiary/aromatic N) is 3. The molecule has 174 valence electrons. The molecule has 0 bridgehead atoms. The fourth-order valence-electron chi connectivity index (χ4n) is 3.57. The number of aliphatic imine (C=N–C) groups is 1. The van der Waals surface area contributed by atoms with E-state index in [0.29, 0.717) is 23.6 Å². The van der Waals surface area contributed by atoms with Crippen molar-refractivity contribution in [1.82, 2.24) is 20.3 Å². The van der Waals surface area contributed by atoms with Crippen LogP contribution in [-0.2, 0) is 6.42 Å². The van der Waals surface area contributed by atoms with Crippen LogP contribution in [0.5, 0.6) is 5.75 Å². The molecule has 4 N–H and O–H groups in total. The second-order valence-electron chi connectivity index (χ2n) is 7.75. The third-order valence-corrected chi connectivity index (χ3v) is 5.32. The quantitative estimate of drug-likeness (QED) is 0.185. The van der Waals surface area contributed by atoms with Crippen LogP contribution in [0.3, 0.4) is 0 Å². The molecule has 0 atom stereocenters. The third-order valence-electron chi connectivity index (χ3n) is 5.12. The van der Waals surface area contributed by atoms with Crippen LogP contribution >= 0.6 is 12.2 Å². The molecule has 2 aromatic heterocycles. The number of hydrogen-bond donors (Lipinski definition) is 4. The number of aromatic amines is 1. The number of methoxy groups -OCH3 is 1. The van der Waals surface area contributed by atoms with Gasteiger partial charge in [-0.2, -0.15) is 0 Å². The zero-order chi connectivity index (χ0) is 23.9. The van der Waals surface area contributed by atoms with Crippen LogP contribution in [0.1, 0.15) is 17.0 Å². The maximum absolute atomic E-state index is 5.51. The zero-order valence-electron chi connectivity index (χ0n) is 19.3. The van der Waals surface area contributed by atoms with Crippen molar-refractivity contribution in [1.29, 1.82) is 0 Å². The van der Waals surface area contributed by atoms with Crippen molar-refractivity contribution >= 4 is 45.8 Å². The van der Waals surface area contributed by atoms with E-state index in [1.165, 1.54) is 10.9 Å². The number of para-hydroxylation sites is 1. The van der Waals surface area contributed by atoms with E-state index in [1.807, 2.05) is 62.5 Å². The van der Waals surface area contributed by atoms with E-state index >= 15 is 0 Å². The number of hydrogen-bond acceptors (Lipinski definition) is 5. The van der Waals surface area contributed by atoms with Gasteiger partial charge in [-0.25, -0.2) is 9.97 Å². The molecule has 0 aliphatic heterocycles. The number of aryl methyl sites for hydroxylation is 2. The summed E-state index contributed by atoms with van der Waals surface area (Å²) >= 11 is 5.51. The summed E-state index contributed by atoms with van der Waals surface area (Å²) in [6.45, 7) is 4.40. The van der Waals surface area contributed by atoms with E-state index in [4.69, 9.17) is 21.9 Å². The number of rotatable bonds is 6. The van der Waals surface area contributed by atoms with Gasteiger partial charge in [0, 0.05) is 40.7 Å². The molecule has 0 radical (unpaired) electrons. The lowest BCUT2D eigenvalue weighted by atomic mass is 10.1. The van der Waals surface area contributed by atoms with Crippen LogP contribution < -0.4 is 20.7 Å². The van der Waals surface area contributed by atoms with Gasteiger partial charge < -0.3 is 20.4 Å². The van der Waals surface area contributed by atoms with Crippen LogP contribution in [0.4, 0.5) is 11.6 Å². The van der Waals surface area contributed by atoms with Crippen molar-refractivity contribution in [3.63, 3.8) is 0 Å². The molecule has 0 aliphatic carbocycles. The van der Waals surface area contributed by atoms with Gasteiger partial charge in [0.05, 0.1) is 7.11 Å². The van der Waals surface area contributed by atoms with Gasteiger partial charge in [-0.3, -0.25) is 10.3 Å². The molecule has 4 aromatic rings. The number of guanidine groups is 1. The van der Waals surface area contributed by atoms with Crippen LogP contribution in [0.2, 0.25) is 0 Å². The number of nitrogens with one attached hydrogen (secondary N) is 4. The fraction of sp³-hybridized carbons (Fsp3) is 0.200. The standard InChI is InChI=1S/C25H27N7OS/c1-16-14-17(2)29-24(28-16)31-23(32-25(34)30-19-8-10-20(33-3)11-9-19)26-13-12-18-15-27-22-7-5-4-6-21(18)22/h4-11,14-15,27H,12-13H2,1-3H3,(H3,26,28,29,30,31,32,34). The third kappa shape index (κ3) is 6.08. The van der Waals surface area contributed by atoms with Crippen molar-refractivity contribution in [2.24, 2.45) is 4.99 Å².